The van der Waals surface area contributed by atoms with E-state index in [9.17, 15) is 9.59 Å². The van der Waals surface area contributed by atoms with E-state index in [-0.39, 0.29) is 11.5 Å². The summed E-state index contributed by atoms with van der Waals surface area (Å²) in [6.07, 6.45) is 1.53. The first-order valence-electron chi connectivity index (χ1n) is 6.81. The number of carbonyl (C=O) groups excluding carboxylic acids is 1. The van der Waals surface area contributed by atoms with Gasteiger partial charge in [0.25, 0.3) is 5.91 Å². The molecule has 1 aliphatic heterocycles. The number of nitrogens with zero attached hydrogens (tertiary/aromatic N) is 1. The summed E-state index contributed by atoms with van der Waals surface area (Å²) in [6, 6.07) is 15.9. The molecule has 0 saturated heterocycles. The lowest BCUT2D eigenvalue weighted by atomic mass is 10.2. The maximum atomic E-state index is 12.1. The first-order valence-corrected chi connectivity index (χ1v) is 6.81. The van der Waals surface area contributed by atoms with Crippen molar-refractivity contribution < 1.29 is 14.7 Å². The van der Waals surface area contributed by atoms with Gasteiger partial charge in [0.1, 0.15) is 0 Å². The van der Waals surface area contributed by atoms with E-state index in [1.165, 1.54) is 12.1 Å². The molecule has 0 aromatic heterocycles. The van der Waals surface area contributed by atoms with Gasteiger partial charge in [0, 0.05) is 23.1 Å². The van der Waals surface area contributed by atoms with Crippen LogP contribution < -0.4 is 10.2 Å². The molecule has 0 fully saturated rings. The lowest BCUT2D eigenvalue weighted by Crippen LogP contribution is -2.25. The zero-order chi connectivity index (χ0) is 15.5. The van der Waals surface area contributed by atoms with E-state index in [0.717, 1.165) is 11.4 Å². The van der Waals surface area contributed by atoms with Crippen molar-refractivity contribution >= 4 is 23.3 Å². The highest BCUT2D eigenvalue weighted by atomic mass is 16.4. The first kappa shape index (κ1) is 13.9. The summed E-state index contributed by atoms with van der Waals surface area (Å²) in [6.45, 7) is 0.431. The van der Waals surface area contributed by atoms with Crippen LogP contribution in [0.3, 0.4) is 0 Å². The van der Waals surface area contributed by atoms with Crippen molar-refractivity contribution in [1.82, 2.24) is 0 Å². The summed E-state index contributed by atoms with van der Waals surface area (Å²) in [5.74, 6) is -1.07. The number of carboxylic acid groups (broad SMARTS) is 1. The predicted octanol–water partition coefficient (Wildman–Crippen LogP) is 2.73. The van der Waals surface area contributed by atoms with Crippen molar-refractivity contribution in [3.63, 3.8) is 0 Å². The van der Waals surface area contributed by atoms with Gasteiger partial charge in [-0.1, -0.05) is 24.3 Å². The second-order valence-corrected chi connectivity index (χ2v) is 4.94. The third kappa shape index (κ3) is 2.83. The Morgan fingerprint density at radius 2 is 1.86 bits per heavy atom. The minimum Gasteiger partial charge on any atom is -0.478 e. The molecule has 1 heterocycles. The number of carbonyl (C=O) groups is 2. The summed E-state index contributed by atoms with van der Waals surface area (Å²) < 4.78 is 0. The third-order valence-corrected chi connectivity index (χ3v) is 3.37. The standard InChI is InChI=1S/C17H14N2O3/c20-16-10-14(11-19(16)15-7-2-1-3-8-15)18-13-6-4-5-12(9-13)17(21)22/h1-10,18H,11H2,(H,21,22). The highest BCUT2D eigenvalue weighted by Gasteiger charge is 2.22. The van der Waals surface area contributed by atoms with Crippen molar-refractivity contribution in [3.8, 4) is 0 Å². The maximum absolute atomic E-state index is 12.1. The summed E-state index contributed by atoms with van der Waals surface area (Å²) in [7, 11) is 0. The van der Waals surface area contributed by atoms with Gasteiger partial charge < -0.3 is 15.3 Å². The van der Waals surface area contributed by atoms with Gasteiger partial charge in [-0.05, 0) is 30.3 Å². The third-order valence-electron chi connectivity index (χ3n) is 3.37. The molecule has 0 atom stereocenters. The zero-order valence-electron chi connectivity index (χ0n) is 11.7. The number of hydrogen-bond donors (Lipinski definition) is 2. The number of rotatable bonds is 4. The molecule has 2 aromatic rings. The number of amides is 1. The van der Waals surface area contributed by atoms with Gasteiger partial charge in [-0.3, -0.25) is 4.79 Å². The van der Waals surface area contributed by atoms with Crippen LogP contribution in [0.4, 0.5) is 11.4 Å². The quantitative estimate of drug-likeness (QED) is 0.909. The summed E-state index contributed by atoms with van der Waals surface area (Å²) in [5, 5.41) is 12.1. The number of hydrogen-bond acceptors (Lipinski definition) is 3. The lowest BCUT2D eigenvalue weighted by molar-refractivity contribution is -0.113. The molecule has 0 bridgehead atoms. The van der Waals surface area contributed by atoms with E-state index in [2.05, 4.69) is 5.32 Å². The van der Waals surface area contributed by atoms with Crippen LogP contribution in [0.2, 0.25) is 0 Å². The number of nitrogens with one attached hydrogen (secondary N) is 1. The summed E-state index contributed by atoms with van der Waals surface area (Å²) in [4.78, 5) is 24.7. The van der Waals surface area contributed by atoms with Gasteiger partial charge in [-0.25, -0.2) is 4.79 Å². The fourth-order valence-corrected chi connectivity index (χ4v) is 2.34. The molecule has 3 rings (SSSR count). The molecule has 2 N–H and O–H groups in total. The molecular formula is C17H14N2O3. The van der Waals surface area contributed by atoms with Gasteiger partial charge in [-0.15, -0.1) is 0 Å². The molecule has 1 aliphatic rings. The van der Waals surface area contributed by atoms with Crippen molar-refractivity contribution in [1.29, 1.82) is 0 Å². The fraction of sp³-hybridized carbons (Fsp3) is 0.0588. The Hall–Kier alpha value is -3.08. The van der Waals surface area contributed by atoms with Gasteiger partial charge in [0.05, 0.1) is 12.1 Å². The van der Waals surface area contributed by atoms with Crippen LogP contribution in [0, 0.1) is 0 Å². The Kier molecular flexibility index (Phi) is 3.62. The van der Waals surface area contributed by atoms with E-state index < -0.39 is 5.97 Å². The number of benzene rings is 2. The average molecular weight is 294 g/mol. The topological polar surface area (TPSA) is 69.6 Å². The molecule has 0 spiro atoms. The number of carboxylic acids is 1. The Morgan fingerprint density at radius 1 is 1.09 bits per heavy atom. The molecule has 1 amide bonds. The molecule has 110 valence electrons. The first-order chi connectivity index (χ1) is 10.6. The van der Waals surface area contributed by atoms with Gasteiger partial charge in [-0.2, -0.15) is 0 Å². The lowest BCUT2D eigenvalue weighted by Gasteiger charge is -2.17. The van der Waals surface area contributed by atoms with Crippen molar-refractivity contribution in [2.45, 2.75) is 0 Å². The van der Waals surface area contributed by atoms with Crippen LogP contribution in [0.25, 0.3) is 0 Å². The largest absolute Gasteiger partial charge is 0.478 e. The molecule has 5 heteroatoms. The smallest absolute Gasteiger partial charge is 0.335 e. The molecule has 5 nitrogen and oxygen atoms in total. The number of para-hydroxylation sites is 1. The zero-order valence-corrected chi connectivity index (χ0v) is 11.7. The summed E-state index contributed by atoms with van der Waals surface area (Å²) in [5.41, 5.74) is 2.42. The van der Waals surface area contributed by atoms with Crippen LogP contribution in [-0.2, 0) is 4.79 Å². The van der Waals surface area contributed by atoms with Crippen LogP contribution in [-0.4, -0.2) is 23.5 Å². The van der Waals surface area contributed by atoms with E-state index in [4.69, 9.17) is 5.11 Å². The monoisotopic (exact) mass is 294 g/mol. The minimum atomic E-state index is -0.981. The van der Waals surface area contributed by atoms with Crippen LogP contribution in [0.15, 0.2) is 66.4 Å². The molecular weight excluding hydrogens is 280 g/mol. The second-order valence-electron chi connectivity index (χ2n) is 4.94. The Labute approximate surface area is 127 Å². The van der Waals surface area contributed by atoms with E-state index in [1.807, 2.05) is 30.3 Å². The minimum absolute atomic E-state index is 0.0944. The highest BCUT2D eigenvalue weighted by molar-refractivity contribution is 6.05. The molecule has 22 heavy (non-hydrogen) atoms. The molecule has 0 saturated carbocycles. The molecule has 0 aliphatic carbocycles. The Bertz CT molecular complexity index is 754. The van der Waals surface area contributed by atoms with Crippen molar-refractivity contribution in [2.75, 3.05) is 16.8 Å². The highest BCUT2D eigenvalue weighted by Crippen LogP contribution is 2.22. The number of anilines is 2. The molecule has 2 aromatic carbocycles. The average Bonchev–Trinajstić information content (AvgIpc) is 2.89. The number of aromatic carboxylic acids is 1. The summed E-state index contributed by atoms with van der Waals surface area (Å²) >= 11 is 0. The second kappa shape index (κ2) is 5.73. The normalized spacial score (nSPS) is 13.9. The van der Waals surface area contributed by atoms with Crippen LogP contribution in [0.5, 0.6) is 0 Å². The fourth-order valence-electron chi connectivity index (χ4n) is 2.34. The Balaban J connectivity index is 1.75. The van der Waals surface area contributed by atoms with Gasteiger partial charge >= 0.3 is 5.97 Å². The molecule has 0 radical (unpaired) electrons. The van der Waals surface area contributed by atoms with Crippen LogP contribution in [0.1, 0.15) is 10.4 Å². The van der Waals surface area contributed by atoms with E-state index in [0.29, 0.717) is 12.2 Å². The van der Waals surface area contributed by atoms with Crippen LogP contribution >= 0.6 is 0 Å². The predicted molar refractivity (Wildman–Crippen MR) is 83.9 cm³/mol. The Morgan fingerprint density at radius 3 is 2.59 bits per heavy atom. The van der Waals surface area contributed by atoms with E-state index in [1.54, 1.807) is 23.1 Å². The van der Waals surface area contributed by atoms with Gasteiger partial charge in [0.2, 0.25) is 0 Å². The van der Waals surface area contributed by atoms with Crippen molar-refractivity contribution in [3.05, 3.63) is 71.9 Å². The SMILES string of the molecule is O=C(O)c1cccc(NC2=CC(=O)N(c3ccccc3)C2)c1. The van der Waals surface area contributed by atoms with Crippen molar-refractivity contribution in [2.24, 2.45) is 0 Å². The maximum Gasteiger partial charge on any atom is 0.335 e. The van der Waals surface area contributed by atoms with Gasteiger partial charge in [0.15, 0.2) is 0 Å². The molecule has 0 unspecified atom stereocenters. The van der Waals surface area contributed by atoms with E-state index >= 15 is 0 Å².